The second-order valence-corrected chi connectivity index (χ2v) is 9.00. The first-order valence-corrected chi connectivity index (χ1v) is 10.2. The van der Waals surface area contributed by atoms with E-state index < -0.39 is 10.0 Å². The van der Waals surface area contributed by atoms with Gasteiger partial charge in [0.25, 0.3) is 5.91 Å². The van der Waals surface area contributed by atoms with Gasteiger partial charge in [0.1, 0.15) is 5.75 Å². The Morgan fingerprint density at radius 3 is 2.28 bits per heavy atom. The summed E-state index contributed by atoms with van der Waals surface area (Å²) in [6.45, 7) is 9.03. The van der Waals surface area contributed by atoms with Crippen LogP contribution in [0.2, 0.25) is 0 Å². The predicted molar refractivity (Wildman–Crippen MR) is 100 cm³/mol. The Bertz CT molecular complexity index is 647. The van der Waals surface area contributed by atoms with E-state index in [1.165, 1.54) is 11.4 Å². The van der Waals surface area contributed by atoms with Gasteiger partial charge in [-0.05, 0) is 30.0 Å². The summed E-state index contributed by atoms with van der Waals surface area (Å²) in [6, 6.07) is 6.75. The Hall–Kier alpha value is -1.60. The molecule has 0 atom stereocenters. The fourth-order valence-corrected chi connectivity index (χ4v) is 4.07. The van der Waals surface area contributed by atoms with Crippen molar-refractivity contribution in [3.05, 3.63) is 29.8 Å². The highest BCUT2D eigenvalue weighted by molar-refractivity contribution is 7.89. The number of carbonyl (C=O) groups is 1. The summed E-state index contributed by atoms with van der Waals surface area (Å²) in [5, 5.41) is 2.67. The van der Waals surface area contributed by atoms with Crippen molar-refractivity contribution in [1.82, 2.24) is 9.62 Å². The second-order valence-electron chi connectivity index (χ2n) is 6.91. The minimum atomic E-state index is -3.41. The summed E-state index contributed by atoms with van der Waals surface area (Å²) < 4.78 is 31.8. The molecule has 1 amide bonds. The molecule has 0 aliphatic rings. The standard InChI is InChI=1S/C18H30N2O4S/c1-14(2)12-20(13-15(3)4)25(22,23)10-9-19-18(21)16-7-6-8-17(11-16)24-5/h6-8,11,14-15H,9-10,12-13H2,1-5H3,(H,19,21). The maximum Gasteiger partial charge on any atom is 0.251 e. The van der Waals surface area contributed by atoms with Gasteiger partial charge in [-0.2, -0.15) is 0 Å². The van der Waals surface area contributed by atoms with E-state index >= 15 is 0 Å². The van der Waals surface area contributed by atoms with Gasteiger partial charge < -0.3 is 10.1 Å². The number of sulfonamides is 1. The van der Waals surface area contributed by atoms with Crippen molar-refractivity contribution < 1.29 is 17.9 Å². The lowest BCUT2D eigenvalue weighted by Crippen LogP contribution is -2.41. The van der Waals surface area contributed by atoms with E-state index in [2.05, 4.69) is 5.32 Å². The largest absolute Gasteiger partial charge is 0.497 e. The average Bonchev–Trinajstić information content (AvgIpc) is 2.53. The molecule has 6 nitrogen and oxygen atoms in total. The predicted octanol–water partition coefficient (Wildman–Crippen LogP) is 2.37. The van der Waals surface area contributed by atoms with Crippen LogP contribution in [0.25, 0.3) is 0 Å². The van der Waals surface area contributed by atoms with Crippen LogP contribution >= 0.6 is 0 Å². The number of amides is 1. The molecule has 0 aliphatic heterocycles. The molecule has 0 aromatic heterocycles. The van der Waals surface area contributed by atoms with Crippen LogP contribution in [0.1, 0.15) is 38.1 Å². The Balaban J connectivity index is 2.65. The lowest BCUT2D eigenvalue weighted by atomic mass is 10.2. The molecule has 0 saturated carbocycles. The first-order chi connectivity index (χ1) is 11.7. The molecule has 142 valence electrons. The summed E-state index contributed by atoms with van der Waals surface area (Å²) in [5.74, 6) is 0.663. The molecule has 1 aromatic carbocycles. The Kier molecular flexibility index (Phi) is 8.38. The van der Waals surface area contributed by atoms with Gasteiger partial charge in [-0.25, -0.2) is 12.7 Å². The molecule has 1 N–H and O–H groups in total. The monoisotopic (exact) mass is 370 g/mol. The zero-order chi connectivity index (χ0) is 19.0. The zero-order valence-electron chi connectivity index (χ0n) is 15.8. The first-order valence-electron chi connectivity index (χ1n) is 8.55. The third-order valence-electron chi connectivity index (χ3n) is 3.51. The molecule has 0 bridgehead atoms. The SMILES string of the molecule is COc1cccc(C(=O)NCCS(=O)(=O)N(CC(C)C)CC(C)C)c1. The van der Waals surface area contributed by atoms with Crippen molar-refractivity contribution in [3.63, 3.8) is 0 Å². The maximum atomic E-state index is 12.6. The van der Waals surface area contributed by atoms with E-state index in [1.807, 2.05) is 27.7 Å². The molecular formula is C18H30N2O4S. The topological polar surface area (TPSA) is 75.7 Å². The molecule has 1 aromatic rings. The highest BCUT2D eigenvalue weighted by Gasteiger charge is 2.23. The summed E-state index contributed by atoms with van der Waals surface area (Å²) in [7, 11) is -1.88. The molecule has 0 saturated heterocycles. The number of ether oxygens (including phenoxy) is 1. The molecule has 0 fully saturated rings. The van der Waals surface area contributed by atoms with E-state index in [-0.39, 0.29) is 30.0 Å². The summed E-state index contributed by atoms with van der Waals surface area (Å²) >= 11 is 0. The van der Waals surface area contributed by atoms with Crippen molar-refractivity contribution in [2.45, 2.75) is 27.7 Å². The van der Waals surface area contributed by atoms with Gasteiger partial charge in [-0.3, -0.25) is 4.79 Å². The average molecular weight is 371 g/mol. The van der Waals surface area contributed by atoms with Crippen LogP contribution in [0.4, 0.5) is 0 Å². The van der Waals surface area contributed by atoms with Crippen molar-refractivity contribution in [2.75, 3.05) is 32.5 Å². The van der Waals surface area contributed by atoms with E-state index in [1.54, 1.807) is 24.3 Å². The fourth-order valence-electron chi connectivity index (χ4n) is 2.41. The van der Waals surface area contributed by atoms with Crippen molar-refractivity contribution in [2.24, 2.45) is 11.8 Å². The number of hydrogen-bond acceptors (Lipinski definition) is 4. The van der Waals surface area contributed by atoms with Gasteiger partial charge in [0.05, 0.1) is 12.9 Å². The molecule has 25 heavy (non-hydrogen) atoms. The van der Waals surface area contributed by atoms with Crippen molar-refractivity contribution in [1.29, 1.82) is 0 Å². The molecule has 0 aliphatic carbocycles. The molecule has 1 rings (SSSR count). The van der Waals surface area contributed by atoms with Crippen LogP contribution in [0.3, 0.4) is 0 Å². The quantitative estimate of drug-likeness (QED) is 0.686. The maximum absolute atomic E-state index is 12.6. The smallest absolute Gasteiger partial charge is 0.251 e. The zero-order valence-corrected chi connectivity index (χ0v) is 16.6. The van der Waals surface area contributed by atoms with E-state index in [0.29, 0.717) is 24.4 Å². The first kappa shape index (κ1) is 21.4. The molecule has 7 heteroatoms. The second kappa shape index (κ2) is 9.77. The Morgan fingerprint density at radius 2 is 1.76 bits per heavy atom. The van der Waals surface area contributed by atoms with Crippen LogP contribution in [-0.2, 0) is 10.0 Å². The third-order valence-corrected chi connectivity index (χ3v) is 5.31. The van der Waals surface area contributed by atoms with E-state index in [0.717, 1.165) is 0 Å². The lowest BCUT2D eigenvalue weighted by molar-refractivity contribution is 0.0955. The molecule has 0 unspecified atom stereocenters. The number of hydrogen-bond donors (Lipinski definition) is 1. The van der Waals surface area contributed by atoms with Crippen LogP contribution in [0, 0.1) is 11.8 Å². The number of methoxy groups -OCH3 is 1. The van der Waals surface area contributed by atoms with Crippen LogP contribution in [0.5, 0.6) is 5.75 Å². The van der Waals surface area contributed by atoms with E-state index in [9.17, 15) is 13.2 Å². The number of rotatable bonds is 10. The van der Waals surface area contributed by atoms with Gasteiger partial charge in [0, 0.05) is 25.2 Å². The number of benzene rings is 1. The minimum absolute atomic E-state index is 0.0745. The minimum Gasteiger partial charge on any atom is -0.497 e. The van der Waals surface area contributed by atoms with Crippen LogP contribution < -0.4 is 10.1 Å². The highest BCUT2D eigenvalue weighted by atomic mass is 32.2. The highest BCUT2D eigenvalue weighted by Crippen LogP contribution is 2.13. The number of carbonyl (C=O) groups excluding carboxylic acids is 1. The van der Waals surface area contributed by atoms with Crippen molar-refractivity contribution in [3.8, 4) is 5.75 Å². The summed E-state index contributed by atoms with van der Waals surface area (Å²) in [6.07, 6.45) is 0. The summed E-state index contributed by atoms with van der Waals surface area (Å²) in [5.41, 5.74) is 0.443. The van der Waals surface area contributed by atoms with Gasteiger partial charge in [-0.15, -0.1) is 0 Å². The number of nitrogens with zero attached hydrogens (tertiary/aromatic N) is 1. The molecule has 0 heterocycles. The van der Waals surface area contributed by atoms with Gasteiger partial charge >= 0.3 is 0 Å². The normalized spacial score (nSPS) is 12.0. The van der Waals surface area contributed by atoms with Gasteiger partial charge in [-0.1, -0.05) is 33.8 Å². The van der Waals surface area contributed by atoms with Crippen LogP contribution in [-0.4, -0.2) is 51.1 Å². The number of nitrogens with one attached hydrogen (secondary N) is 1. The van der Waals surface area contributed by atoms with Crippen LogP contribution in [0.15, 0.2) is 24.3 Å². The molecule has 0 spiro atoms. The molecule has 0 radical (unpaired) electrons. The van der Waals surface area contributed by atoms with Crippen molar-refractivity contribution >= 4 is 15.9 Å². The fraction of sp³-hybridized carbons (Fsp3) is 0.611. The Labute approximate surface area is 151 Å². The Morgan fingerprint density at radius 1 is 1.16 bits per heavy atom. The third kappa shape index (κ3) is 7.44. The molecular weight excluding hydrogens is 340 g/mol. The van der Waals surface area contributed by atoms with Gasteiger partial charge in [0.15, 0.2) is 0 Å². The summed E-state index contributed by atoms with van der Waals surface area (Å²) in [4.78, 5) is 12.1. The lowest BCUT2D eigenvalue weighted by Gasteiger charge is -2.25. The van der Waals surface area contributed by atoms with Gasteiger partial charge in [0.2, 0.25) is 10.0 Å². The van der Waals surface area contributed by atoms with E-state index in [4.69, 9.17) is 4.74 Å².